The monoisotopic (exact) mass is 271 g/mol. The van der Waals surface area contributed by atoms with Gasteiger partial charge in [0.1, 0.15) is 5.75 Å². The minimum atomic E-state index is -0.0773. The Morgan fingerprint density at radius 1 is 1.20 bits per heavy atom. The number of methoxy groups -OCH3 is 1. The molecule has 0 aliphatic carbocycles. The van der Waals surface area contributed by atoms with Gasteiger partial charge in [0.25, 0.3) is 0 Å². The van der Waals surface area contributed by atoms with E-state index in [0.717, 1.165) is 17.1 Å². The zero-order valence-corrected chi connectivity index (χ0v) is 11.3. The van der Waals surface area contributed by atoms with E-state index in [1.54, 1.807) is 13.3 Å². The molecule has 1 aromatic carbocycles. The summed E-state index contributed by atoms with van der Waals surface area (Å²) in [6.45, 7) is 0.656. The second kappa shape index (κ2) is 7.13. The van der Waals surface area contributed by atoms with Gasteiger partial charge in [0.15, 0.2) is 0 Å². The fourth-order valence-corrected chi connectivity index (χ4v) is 1.65. The minimum absolute atomic E-state index is 0.0773. The number of amides is 1. The number of rotatable bonds is 6. The van der Waals surface area contributed by atoms with Crippen molar-refractivity contribution in [3.63, 3.8) is 0 Å². The van der Waals surface area contributed by atoms with E-state index in [2.05, 4.69) is 15.6 Å². The first kappa shape index (κ1) is 13.9. The summed E-state index contributed by atoms with van der Waals surface area (Å²) in [6.07, 6.45) is 1.71. The Labute approximate surface area is 118 Å². The zero-order valence-electron chi connectivity index (χ0n) is 11.3. The average molecular weight is 271 g/mol. The molecule has 0 atom stereocenters. The van der Waals surface area contributed by atoms with Crippen LogP contribution in [0, 0.1) is 0 Å². The number of carbonyl (C=O) groups excluding carboxylic acids is 1. The molecule has 2 rings (SSSR count). The Morgan fingerprint density at radius 3 is 2.65 bits per heavy atom. The van der Waals surface area contributed by atoms with Crippen LogP contribution in [0.2, 0.25) is 0 Å². The largest absolute Gasteiger partial charge is 0.497 e. The molecule has 0 aliphatic heterocycles. The second-order valence-corrected chi connectivity index (χ2v) is 4.18. The van der Waals surface area contributed by atoms with Gasteiger partial charge in [0, 0.05) is 11.9 Å². The maximum absolute atomic E-state index is 11.7. The van der Waals surface area contributed by atoms with E-state index in [-0.39, 0.29) is 12.5 Å². The van der Waals surface area contributed by atoms with E-state index in [1.807, 2.05) is 42.5 Å². The molecule has 1 aromatic heterocycles. The number of aromatic nitrogens is 1. The molecular formula is C15H17N3O2. The molecule has 0 fully saturated rings. The van der Waals surface area contributed by atoms with Crippen LogP contribution < -0.4 is 15.4 Å². The average Bonchev–Trinajstić information content (AvgIpc) is 2.52. The third-order valence-electron chi connectivity index (χ3n) is 2.74. The van der Waals surface area contributed by atoms with Gasteiger partial charge in [-0.25, -0.2) is 0 Å². The van der Waals surface area contributed by atoms with Crippen molar-refractivity contribution in [2.45, 2.75) is 6.54 Å². The number of pyridine rings is 1. The molecule has 0 saturated heterocycles. The molecule has 2 N–H and O–H groups in total. The van der Waals surface area contributed by atoms with Crippen LogP contribution in [0.3, 0.4) is 0 Å². The van der Waals surface area contributed by atoms with Crippen molar-refractivity contribution in [1.29, 1.82) is 0 Å². The highest BCUT2D eigenvalue weighted by Gasteiger charge is 2.01. The van der Waals surface area contributed by atoms with Crippen molar-refractivity contribution >= 4 is 11.6 Å². The molecule has 5 heteroatoms. The van der Waals surface area contributed by atoms with Crippen LogP contribution >= 0.6 is 0 Å². The Balaban J connectivity index is 1.74. The van der Waals surface area contributed by atoms with E-state index >= 15 is 0 Å². The summed E-state index contributed by atoms with van der Waals surface area (Å²) < 4.78 is 5.07. The number of nitrogens with one attached hydrogen (secondary N) is 2. The Morgan fingerprint density at radius 2 is 2.00 bits per heavy atom. The lowest BCUT2D eigenvalue weighted by Crippen LogP contribution is -2.29. The second-order valence-electron chi connectivity index (χ2n) is 4.18. The van der Waals surface area contributed by atoms with Gasteiger partial charge in [-0.1, -0.05) is 6.07 Å². The minimum Gasteiger partial charge on any atom is -0.497 e. The Hall–Kier alpha value is -2.56. The van der Waals surface area contributed by atoms with Gasteiger partial charge >= 0.3 is 0 Å². The number of ether oxygens (including phenoxy) is 1. The van der Waals surface area contributed by atoms with Crippen molar-refractivity contribution in [3.8, 4) is 5.75 Å². The quantitative estimate of drug-likeness (QED) is 0.841. The van der Waals surface area contributed by atoms with Crippen LogP contribution in [0.25, 0.3) is 0 Å². The van der Waals surface area contributed by atoms with Crippen LogP contribution in [-0.2, 0) is 11.3 Å². The van der Waals surface area contributed by atoms with Crippen molar-refractivity contribution in [2.24, 2.45) is 0 Å². The number of benzene rings is 1. The smallest absolute Gasteiger partial charge is 0.239 e. The lowest BCUT2D eigenvalue weighted by Gasteiger charge is -2.08. The first-order chi connectivity index (χ1) is 9.78. The van der Waals surface area contributed by atoms with Crippen LogP contribution in [-0.4, -0.2) is 24.5 Å². The molecule has 0 bridgehead atoms. The van der Waals surface area contributed by atoms with Crippen molar-refractivity contribution in [3.05, 3.63) is 54.4 Å². The van der Waals surface area contributed by atoms with E-state index in [4.69, 9.17) is 4.74 Å². The molecule has 20 heavy (non-hydrogen) atoms. The first-order valence-corrected chi connectivity index (χ1v) is 6.32. The third kappa shape index (κ3) is 4.28. The summed E-state index contributed by atoms with van der Waals surface area (Å²) in [5.41, 5.74) is 1.71. The maximum atomic E-state index is 11.7. The summed E-state index contributed by atoms with van der Waals surface area (Å²) in [5.74, 6) is 0.710. The standard InChI is InChI=1S/C15H17N3O2/c1-20-14-7-5-12(6-8-14)17-11-15(19)18-10-13-4-2-3-9-16-13/h2-9,17H,10-11H2,1H3,(H,18,19). The molecule has 2 aromatic rings. The van der Waals surface area contributed by atoms with E-state index in [0.29, 0.717) is 6.54 Å². The zero-order chi connectivity index (χ0) is 14.2. The van der Waals surface area contributed by atoms with Crippen LogP contribution in [0.5, 0.6) is 5.75 Å². The highest BCUT2D eigenvalue weighted by atomic mass is 16.5. The summed E-state index contributed by atoms with van der Waals surface area (Å²) in [6, 6.07) is 13.0. The molecule has 1 amide bonds. The van der Waals surface area contributed by atoms with Crippen LogP contribution in [0.15, 0.2) is 48.7 Å². The van der Waals surface area contributed by atoms with Crippen molar-refractivity contribution in [2.75, 3.05) is 19.0 Å². The highest BCUT2D eigenvalue weighted by molar-refractivity contribution is 5.80. The van der Waals surface area contributed by atoms with Gasteiger partial charge in [-0.3, -0.25) is 9.78 Å². The predicted molar refractivity (Wildman–Crippen MR) is 77.6 cm³/mol. The van der Waals surface area contributed by atoms with Crippen molar-refractivity contribution in [1.82, 2.24) is 10.3 Å². The van der Waals surface area contributed by atoms with Crippen molar-refractivity contribution < 1.29 is 9.53 Å². The van der Waals surface area contributed by atoms with Gasteiger partial charge in [0.05, 0.1) is 25.9 Å². The first-order valence-electron chi connectivity index (χ1n) is 6.32. The fourth-order valence-electron chi connectivity index (χ4n) is 1.65. The van der Waals surface area contributed by atoms with Gasteiger partial charge in [-0.2, -0.15) is 0 Å². The number of hydrogen-bond acceptors (Lipinski definition) is 4. The molecule has 0 spiro atoms. The molecule has 0 unspecified atom stereocenters. The lowest BCUT2D eigenvalue weighted by molar-refractivity contribution is -0.119. The molecule has 0 radical (unpaired) electrons. The third-order valence-corrected chi connectivity index (χ3v) is 2.74. The number of carbonyl (C=O) groups is 1. The highest BCUT2D eigenvalue weighted by Crippen LogP contribution is 2.14. The molecule has 0 aliphatic rings. The van der Waals surface area contributed by atoms with E-state index in [9.17, 15) is 4.79 Å². The summed E-state index contributed by atoms with van der Waals surface area (Å²) in [4.78, 5) is 15.8. The number of hydrogen-bond donors (Lipinski definition) is 2. The molecule has 1 heterocycles. The fraction of sp³-hybridized carbons (Fsp3) is 0.200. The lowest BCUT2D eigenvalue weighted by atomic mass is 10.3. The number of nitrogens with zero attached hydrogens (tertiary/aromatic N) is 1. The molecule has 104 valence electrons. The van der Waals surface area contributed by atoms with Gasteiger partial charge in [-0.05, 0) is 36.4 Å². The maximum Gasteiger partial charge on any atom is 0.239 e. The SMILES string of the molecule is COc1ccc(NCC(=O)NCc2ccccn2)cc1. The molecular weight excluding hydrogens is 254 g/mol. The summed E-state index contributed by atoms with van der Waals surface area (Å²) >= 11 is 0. The van der Waals surface area contributed by atoms with E-state index < -0.39 is 0 Å². The predicted octanol–water partition coefficient (Wildman–Crippen LogP) is 1.82. The number of anilines is 1. The van der Waals surface area contributed by atoms with Gasteiger partial charge in [-0.15, -0.1) is 0 Å². The van der Waals surface area contributed by atoms with Crippen LogP contribution in [0.1, 0.15) is 5.69 Å². The Kier molecular flexibility index (Phi) is 4.94. The normalized spacial score (nSPS) is 9.85. The molecule has 5 nitrogen and oxygen atoms in total. The topological polar surface area (TPSA) is 63.2 Å². The molecule has 0 saturated carbocycles. The van der Waals surface area contributed by atoms with Crippen LogP contribution in [0.4, 0.5) is 5.69 Å². The van der Waals surface area contributed by atoms with Gasteiger partial charge < -0.3 is 15.4 Å². The Bertz CT molecular complexity index is 541. The van der Waals surface area contributed by atoms with Gasteiger partial charge in [0.2, 0.25) is 5.91 Å². The van der Waals surface area contributed by atoms with E-state index in [1.165, 1.54) is 0 Å². The summed E-state index contributed by atoms with van der Waals surface area (Å²) in [5, 5.41) is 5.85. The summed E-state index contributed by atoms with van der Waals surface area (Å²) in [7, 11) is 1.62.